The number of aliphatic hydroxyl groups is 1. The van der Waals surface area contributed by atoms with Crippen LogP contribution in [0.4, 0.5) is 0 Å². The van der Waals surface area contributed by atoms with Crippen molar-refractivity contribution in [2.45, 2.75) is 19.4 Å². The lowest BCUT2D eigenvalue weighted by Gasteiger charge is -2.16. The summed E-state index contributed by atoms with van der Waals surface area (Å²) in [4.78, 5) is 17.6. The van der Waals surface area contributed by atoms with Crippen LogP contribution in [0.3, 0.4) is 0 Å². The van der Waals surface area contributed by atoms with Gasteiger partial charge in [-0.1, -0.05) is 11.6 Å². The summed E-state index contributed by atoms with van der Waals surface area (Å²) in [5.41, 5.74) is 1.37. The maximum Gasteiger partial charge on any atom is 0.255 e. The lowest BCUT2D eigenvalue weighted by Crippen LogP contribution is -2.30. The Morgan fingerprint density at radius 2 is 2.44 bits per heavy atom. The van der Waals surface area contributed by atoms with Crippen LogP contribution in [0.5, 0.6) is 0 Å². The fraction of sp³-hybridized carbons (Fsp3) is 0.455. The number of pyridine rings is 1. The number of β-amino-alcohol motifs (C(OH)–C–C–N with tert-alkyl or cyclic N) is 1. The van der Waals surface area contributed by atoms with Crippen molar-refractivity contribution in [2.75, 3.05) is 13.1 Å². The standard InChI is InChI=1S/C11H13ClN2O2/c1-7-4-10(12)13-5-9(7)11(16)14-3-2-8(15)6-14/h4-5,8,15H,2-3,6H2,1H3/t8-/m1/s1. The first-order valence-corrected chi connectivity index (χ1v) is 5.55. The molecule has 1 atom stereocenters. The average molecular weight is 241 g/mol. The number of hydrogen-bond acceptors (Lipinski definition) is 3. The van der Waals surface area contributed by atoms with Crippen molar-refractivity contribution < 1.29 is 9.90 Å². The second-order valence-corrected chi connectivity index (χ2v) is 4.40. The summed E-state index contributed by atoms with van der Waals surface area (Å²) in [6.07, 6.45) is 1.74. The Hall–Kier alpha value is -1.13. The van der Waals surface area contributed by atoms with E-state index in [4.69, 9.17) is 11.6 Å². The van der Waals surface area contributed by atoms with Gasteiger partial charge in [-0.05, 0) is 25.0 Å². The van der Waals surface area contributed by atoms with Crippen LogP contribution in [-0.4, -0.2) is 40.1 Å². The number of amides is 1. The minimum Gasteiger partial charge on any atom is -0.391 e. The molecule has 0 aliphatic carbocycles. The number of aryl methyl sites for hydroxylation is 1. The molecule has 1 N–H and O–H groups in total. The van der Waals surface area contributed by atoms with Crippen molar-refractivity contribution >= 4 is 17.5 Å². The van der Waals surface area contributed by atoms with Gasteiger partial charge in [-0.3, -0.25) is 4.79 Å². The molecular weight excluding hydrogens is 228 g/mol. The zero-order valence-corrected chi connectivity index (χ0v) is 9.74. The van der Waals surface area contributed by atoms with Crippen LogP contribution < -0.4 is 0 Å². The first-order chi connectivity index (χ1) is 7.58. The van der Waals surface area contributed by atoms with Gasteiger partial charge >= 0.3 is 0 Å². The highest BCUT2D eigenvalue weighted by Crippen LogP contribution is 2.17. The monoisotopic (exact) mass is 240 g/mol. The Labute approximate surface area is 98.9 Å². The summed E-state index contributed by atoms with van der Waals surface area (Å²) < 4.78 is 0. The number of rotatable bonds is 1. The molecule has 1 aromatic rings. The number of nitrogens with zero attached hydrogens (tertiary/aromatic N) is 2. The van der Waals surface area contributed by atoms with E-state index in [1.165, 1.54) is 6.20 Å². The second-order valence-electron chi connectivity index (χ2n) is 4.02. The number of aromatic nitrogens is 1. The molecule has 0 saturated carbocycles. The van der Waals surface area contributed by atoms with Crippen LogP contribution in [0, 0.1) is 6.92 Å². The molecule has 1 saturated heterocycles. The van der Waals surface area contributed by atoms with Crippen molar-refractivity contribution in [3.63, 3.8) is 0 Å². The summed E-state index contributed by atoms with van der Waals surface area (Å²) in [5, 5.41) is 9.76. The van der Waals surface area contributed by atoms with Crippen LogP contribution >= 0.6 is 11.6 Å². The SMILES string of the molecule is Cc1cc(Cl)ncc1C(=O)N1CC[C@@H](O)C1. The summed E-state index contributed by atoms with van der Waals surface area (Å²) >= 11 is 5.73. The van der Waals surface area contributed by atoms with Gasteiger partial charge in [0.25, 0.3) is 5.91 Å². The third kappa shape index (κ3) is 2.18. The minimum atomic E-state index is -0.399. The minimum absolute atomic E-state index is 0.0850. The molecule has 1 fully saturated rings. The number of likely N-dealkylation sites (tertiary alicyclic amines) is 1. The van der Waals surface area contributed by atoms with Crippen molar-refractivity contribution in [2.24, 2.45) is 0 Å². The Kier molecular flexibility index (Phi) is 3.12. The van der Waals surface area contributed by atoms with E-state index in [2.05, 4.69) is 4.98 Å². The van der Waals surface area contributed by atoms with Gasteiger partial charge in [0.05, 0.1) is 11.7 Å². The van der Waals surface area contributed by atoms with Crippen molar-refractivity contribution in [1.29, 1.82) is 0 Å². The van der Waals surface area contributed by atoms with Crippen LogP contribution in [0.25, 0.3) is 0 Å². The highest BCUT2D eigenvalue weighted by Gasteiger charge is 2.26. The fourth-order valence-electron chi connectivity index (χ4n) is 1.84. The molecule has 16 heavy (non-hydrogen) atoms. The van der Waals surface area contributed by atoms with E-state index in [1.807, 2.05) is 6.92 Å². The molecule has 1 aromatic heterocycles. The molecule has 86 valence electrons. The smallest absolute Gasteiger partial charge is 0.255 e. The highest BCUT2D eigenvalue weighted by atomic mass is 35.5. The molecule has 4 nitrogen and oxygen atoms in total. The lowest BCUT2D eigenvalue weighted by molar-refractivity contribution is 0.0764. The first kappa shape index (κ1) is 11.4. The van der Waals surface area contributed by atoms with Crippen LogP contribution in [0.15, 0.2) is 12.3 Å². The molecule has 0 aromatic carbocycles. The van der Waals surface area contributed by atoms with Gasteiger partial charge < -0.3 is 10.0 Å². The van der Waals surface area contributed by atoms with Gasteiger partial charge in [0.1, 0.15) is 5.15 Å². The summed E-state index contributed by atoms with van der Waals surface area (Å²) in [7, 11) is 0. The van der Waals surface area contributed by atoms with E-state index in [-0.39, 0.29) is 5.91 Å². The molecule has 1 aliphatic rings. The third-order valence-electron chi connectivity index (χ3n) is 2.76. The average Bonchev–Trinajstić information content (AvgIpc) is 2.64. The Morgan fingerprint density at radius 1 is 1.69 bits per heavy atom. The van der Waals surface area contributed by atoms with Gasteiger partial charge in [-0.25, -0.2) is 4.98 Å². The lowest BCUT2D eigenvalue weighted by atomic mass is 10.1. The molecule has 0 radical (unpaired) electrons. The highest BCUT2D eigenvalue weighted by molar-refractivity contribution is 6.29. The van der Waals surface area contributed by atoms with Gasteiger partial charge in [0, 0.05) is 19.3 Å². The fourth-order valence-corrected chi connectivity index (χ4v) is 2.05. The van der Waals surface area contributed by atoms with Gasteiger partial charge in [0.2, 0.25) is 0 Å². The maximum absolute atomic E-state index is 12.1. The largest absolute Gasteiger partial charge is 0.391 e. The molecule has 0 spiro atoms. The second kappa shape index (κ2) is 4.39. The predicted octanol–water partition coefficient (Wildman–Crippen LogP) is 1.25. The third-order valence-corrected chi connectivity index (χ3v) is 2.97. The van der Waals surface area contributed by atoms with Crippen LogP contribution in [0.2, 0.25) is 5.15 Å². The van der Waals surface area contributed by atoms with Crippen LogP contribution in [0.1, 0.15) is 22.3 Å². The van der Waals surface area contributed by atoms with Crippen molar-refractivity contribution in [3.05, 3.63) is 28.5 Å². The van der Waals surface area contributed by atoms with Crippen LogP contribution in [-0.2, 0) is 0 Å². The number of carbonyl (C=O) groups is 1. The Balaban J connectivity index is 2.21. The molecule has 0 bridgehead atoms. The Bertz CT molecular complexity index is 422. The quantitative estimate of drug-likeness (QED) is 0.752. The van der Waals surface area contributed by atoms with Gasteiger partial charge in [-0.2, -0.15) is 0 Å². The number of carbonyl (C=O) groups excluding carboxylic acids is 1. The van der Waals surface area contributed by atoms with Gasteiger partial charge in [-0.15, -0.1) is 0 Å². The number of hydrogen-bond donors (Lipinski definition) is 1. The normalized spacial score (nSPS) is 20.2. The van der Waals surface area contributed by atoms with Gasteiger partial charge in [0.15, 0.2) is 0 Å². The molecular formula is C11H13ClN2O2. The van der Waals surface area contributed by atoms with Crippen molar-refractivity contribution in [3.8, 4) is 0 Å². The van der Waals surface area contributed by atoms with E-state index in [1.54, 1.807) is 11.0 Å². The predicted molar refractivity (Wildman–Crippen MR) is 60.5 cm³/mol. The van der Waals surface area contributed by atoms with Crippen molar-refractivity contribution in [1.82, 2.24) is 9.88 Å². The summed E-state index contributed by atoms with van der Waals surface area (Å²) in [6.45, 7) is 2.83. The number of aliphatic hydroxyl groups excluding tert-OH is 1. The van der Waals surface area contributed by atoms with E-state index >= 15 is 0 Å². The molecule has 0 unspecified atom stereocenters. The van der Waals surface area contributed by atoms with E-state index in [0.717, 1.165) is 5.56 Å². The maximum atomic E-state index is 12.1. The molecule has 1 amide bonds. The first-order valence-electron chi connectivity index (χ1n) is 5.17. The molecule has 1 aliphatic heterocycles. The zero-order chi connectivity index (χ0) is 11.7. The molecule has 2 heterocycles. The van der Waals surface area contributed by atoms with E-state index in [0.29, 0.717) is 30.2 Å². The molecule has 2 rings (SSSR count). The Morgan fingerprint density at radius 3 is 3.00 bits per heavy atom. The summed E-state index contributed by atoms with van der Waals surface area (Å²) in [5.74, 6) is -0.0850. The molecule has 5 heteroatoms. The topological polar surface area (TPSA) is 53.4 Å². The zero-order valence-electron chi connectivity index (χ0n) is 8.98. The van der Waals surface area contributed by atoms with E-state index in [9.17, 15) is 9.90 Å². The van der Waals surface area contributed by atoms with E-state index < -0.39 is 6.10 Å². The summed E-state index contributed by atoms with van der Waals surface area (Å²) in [6, 6.07) is 1.67. The number of halogens is 1.